The Morgan fingerprint density at radius 1 is 1.10 bits per heavy atom. The van der Waals surface area contributed by atoms with E-state index in [2.05, 4.69) is 58.9 Å². The molecule has 0 amide bonds. The zero-order valence-corrected chi connectivity index (χ0v) is 13.5. The molecule has 1 fully saturated rings. The van der Waals surface area contributed by atoms with E-state index < -0.39 is 0 Å². The highest BCUT2D eigenvalue weighted by Crippen LogP contribution is 2.62. The predicted octanol–water partition coefficient (Wildman–Crippen LogP) is 4.55. The van der Waals surface area contributed by atoms with E-state index in [1.54, 1.807) is 11.8 Å². The molecule has 3 rings (SSSR count). The van der Waals surface area contributed by atoms with E-state index in [9.17, 15) is 4.79 Å². The van der Waals surface area contributed by atoms with E-state index in [1.165, 1.54) is 16.7 Å². The molecule has 1 aliphatic carbocycles. The van der Waals surface area contributed by atoms with Gasteiger partial charge in [0.2, 0.25) is 0 Å². The molecule has 0 aromatic heterocycles. The summed E-state index contributed by atoms with van der Waals surface area (Å²) in [7, 11) is 0. The average molecular weight is 284 g/mol. The molecule has 0 N–H and O–H groups in total. The lowest BCUT2D eigenvalue weighted by Gasteiger charge is -2.21. The number of allylic oxidation sites excluding steroid dienone is 2. The number of hydrogen-bond donors (Lipinski definition) is 0. The number of hydrogen-bond acceptors (Lipinski definition) is 2. The molecule has 1 aromatic carbocycles. The second-order valence-electron chi connectivity index (χ2n) is 6.11. The Labute approximate surface area is 125 Å². The van der Waals surface area contributed by atoms with Gasteiger partial charge in [0.25, 0.3) is 0 Å². The van der Waals surface area contributed by atoms with Gasteiger partial charge >= 0.3 is 0 Å². The summed E-state index contributed by atoms with van der Waals surface area (Å²) < 4.78 is -0.315. The zero-order chi connectivity index (χ0) is 14.7. The Morgan fingerprint density at radius 2 is 1.70 bits per heavy atom. The van der Waals surface area contributed by atoms with E-state index in [-0.39, 0.29) is 4.75 Å². The highest BCUT2D eigenvalue weighted by Gasteiger charge is 2.62. The van der Waals surface area contributed by atoms with E-state index in [0.29, 0.717) is 11.0 Å². The van der Waals surface area contributed by atoms with Gasteiger partial charge < -0.3 is 0 Å². The number of thioether (sulfide) groups is 1. The van der Waals surface area contributed by atoms with E-state index in [4.69, 9.17) is 0 Å². The third-order valence-electron chi connectivity index (χ3n) is 4.34. The first-order chi connectivity index (χ1) is 9.36. The number of carbonyl (C=O) groups excluding carboxylic acids is 1. The van der Waals surface area contributed by atoms with Gasteiger partial charge in [0.1, 0.15) is 4.75 Å². The summed E-state index contributed by atoms with van der Waals surface area (Å²) in [5, 5.41) is 0.333. The summed E-state index contributed by atoms with van der Waals surface area (Å²) in [6, 6.07) is 4.23. The first kappa shape index (κ1) is 13.7. The van der Waals surface area contributed by atoms with Gasteiger partial charge in [-0.1, -0.05) is 35.4 Å². The molecule has 2 aliphatic rings. The second-order valence-corrected chi connectivity index (χ2v) is 7.50. The zero-order valence-electron chi connectivity index (χ0n) is 12.7. The van der Waals surface area contributed by atoms with Crippen LogP contribution in [0.2, 0.25) is 0 Å². The number of fused-ring (bicyclic) bond motifs is 1. The molecule has 2 heteroatoms. The maximum Gasteiger partial charge on any atom is 0.184 e. The molecule has 0 saturated carbocycles. The summed E-state index contributed by atoms with van der Waals surface area (Å²) in [4.78, 5) is 13.1. The lowest BCUT2D eigenvalue weighted by atomic mass is 9.81. The van der Waals surface area contributed by atoms with E-state index >= 15 is 0 Å². The average Bonchev–Trinajstić information content (AvgIpc) is 3.02. The van der Waals surface area contributed by atoms with Crippen LogP contribution in [0.4, 0.5) is 0 Å². The Hall–Kier alpha value is -1.28. The van der Waals surface area contributed by atoms with Crippen LogP contribution < -0.4 is 0 Å². The highest BCUT2D eigenvalue weighted by atomic mass is 32.2. The van der Waals surface area contributed by atoms with Crippen molar-refractivity contribution in [3.63, 3.8) is 0 Å². The van der Waals surface area contributed by atoms with Crippen LogP contribution in [-0.4, -0.2) is 15.8 Å². The van der Waals surface area contributed by atoms with Crippen molar-refractivity contribution in [2.24, 2.45) is 0 Å². The highest BCUT2D eigenvalue weighted by molar-refractivity contribution is 8.10. The summed E-state index contributed by atoms with van der Waals surface area (Å²) in [5.41, 5.74) is 6.83. The van der Waals surface area contributed by atoms with Gasteiger partial charge in [-0.15, -0.1) is 11.8 Å². The third-order valence-corrected chi connectivity index (χ3v) is 5.96. The van der Waals surface area contributed by atoms with Crippen molar-refractivity contribution in [2.45, 2.75) is 44.6 Å². The summed E-state index contributed by atoms with van der Waals surface area (Å²) in [5.74, 6) is 0.292. The van der Waals surface area contributed by atoms with Crippen molar-refractivity contribution < 1.29 is 4.79 Å². The molecule has 0 bridgehead atoms. The fourth-order valence-corrected chi connectivity index (χ4v) is 4.89. The fourth-order valence-electron chi connectivity index (χ4n) is 3.46. The fraction of sp³-hybridized carbons (Fsp3) is 0.389. The number of rotatable bonds is 2. The van der Waals surface area contributed by atoms with Crippen molar-refractivity contribution >= 4 is 17.5 Å². The summed E-state index contributed by atoms with van der Waals surface area (Å²) in [6.07, 6.45) is 4.39. The molecule has 1 nitrogen and oxygen atoms in total. The first-order valence-corrected chi connectivity index (χ1v) is 7.92. The molecule has 2 atom stereocenters. The van der Waals surface area contributed by atoms with Crippen molar-refractivity contribution in [2.75, 3.05) is 0 Å². The molecular weight excluding hydrogens is 264 g/mol. The standard InChI is InChI=1S/C18H20OS/c1-10-6-12(3)16(13(4)7-10)17(19)18-14(5)8-11(2)9-15(18)20-18/h6-9,15H,1-5H3. The van der Waals surface area contributed by atoms with Gasteiger partial charge in [0.05, 0.1) is 5.25 Å². The normalized spacial score (nSPS) is 27.6. The van der Waals surface area contributed by atoms with Crippen molar-refractivity contribution in [1.82, 2.24) is 0 Å². The van der Waals surface area contributed by atoms with Crippen molar-refractivity contribution in [1.29, 1.82) is 0 Å². The molecule has 1 aliphatic heterocycles. The minimum absolute atomic E-state index is 0.292. The minimum Gasteiger partial charge on any atom is -0.292 e. The second kappa shape index (κ2) is 4.36. The van der Waals surface area contributed by atoms with Crippen molar-refractivity contribution in [3.05, 3.63) is 57.7 Å². The van der Waals surface area contributed by atoms with Crippen LogP contribution in [-0.2, 0) is 0 Å². The Kier molecular flexibility index (Phi) is 2.98. The molecule has 2 unspecified atom stereocenters. The topological polar surface area (TPSA) is 17.1 Å². The Bertz CT molecular complexity index is 658. The molecule has 0 spiro atoms. The van der Waals surface area contributed by atoms with E-state index in [0.717, 1.165) is 16.7 Å². The van der Waals surface area contributed by atoms with Crippen LogP contribution in [0.15, 0.2) is 35.4 Å². The quantitative estimate of drug-likeness (QED) is 0.585. The number of ketones is 1. The van der Waals surface area contributed by atoms with Crippen LogP contribution in [0, 0.1) is 20.8 Å². The Balaban J connectivity index is 2.07. The van der Waals surface area contributed by atoms with Gasteiger partial charge in [0, 0.05) is 5.56 Å². The molecule has 0 radical (unpaired) electrons. The van der Waals surface area contributed by atoms with Crippen LogP contribution in [0.25, 0.3) is 0 Å². The van der Waals surface area contributed by atoms with Crippen molar-refractivity contribution in [3.8, 4) is 0 Å². The van der Waals surface area contributed by atoms with Crippen LogP contribution >= 0.6 is 11.8 Å². The lowest BCUT2D eigenvalue weighted by Crippen LogP contribution is -2.30. The SMILES string of the molecule is CC1=CC2SC2(C(=O)c2c(C)cc(C)cc2C)C(C)=C1. The maximum atomic E-state index is 13.1. The summed E-state index contributed by atoms with van der Waals surface area (Å²) >= 11 is 1.79. The molecule has 104 valence electrons. The number of Topliss-reactive ketones (excluding diaryl/α,β-unsaturated/α-hetero) is 1. The maximum absolute atomic E-state index is 13.1. The van der Waals surface area contributed by atoms with Gasteiger partial charge in [0.15, 0.2) is 5.78 Å². The first-order valence-electron chi connectivity index (χ1n) is 7.04. The largest absolute Gasteiger partial charge is 0.292 e. The van der Waals surface area contributed by atoms with Gasteiger partial charge in [-0.2, -0.15) is 0 Å². The summed E-state index contributed by atoms with van der Waals surface area (Å²) in [6.45, 7) is 10.4. The van der Waals surface area contributed by atoms with Gasteiger partial charge in [-0.3, -0.25) is 4.79 Å². The number of benzene rings is 1. The van der Waals surface area contributed by atoms with Gasteiger partial charge in [-0.25, -0.2) is 0 Å². The number of aryl methyl sites for hydroxylation is 3. The molecule has 20 heavy (non-hydrogen) atoms. The van der Waals surface area contributed by atoms with Crippen LogP contribution in [0.5, 0.6) is 0 Å². The Morgan fingerprint density at radius 3 is 2.25 bits per heavy atom. The molecule has 1 heterocycles. The predicted molar refractivity (Wildman–Crippen MR) is 86.6 cm³/mol. The smallest absolute Gasteiger partial charge is 0.184 e. The third kappa shape index (κ3) is 1.81. The number of carbonyl (C=O) groups is 1. The molecule has 1 saturated heterocycles. The van der Waals surface area contributed by atoms with Gasteiger partial charge in [-0.05, 0) is 51.3 Å². The molecule has 1 aromatic rings. The van der Waals surface area contributed by atoms with E-state index in [1.807, 2.05) is 0 Å². The monoisotopic (exact) mass is 284 g/mol. The minimum atomic E-state index is -0.315. The lowest BCUT2D eigenvalue weighted by molar-refractivity contribution is 0.0971. The molecular formula is C18H20OS. The van der Waals surface area contributed by atoms with Crippen LogP contribution in [0.1, 0.15) is 40.9 Å². The van der Waals surface area contributed by atoms with Crippen LogP contribution in [0.3, 0.4) is 0 Å².